The lowest BCUT2D eigenvalue weighted by Crippen LogP contribution is -2.42. The number of thiophene rings is 1. The minimum Gasteiger partial charge on any atom is -0.497 e. The minimum absolute atomic E-state index is 0.413. The van der Waals surface area contributed by atoms with E-state index < -0.39 is 29.5 Å². The van der Waals surface area contributed by atoms with Crippen LogP contribution in [0.15, 0.2) is 48.0 Å². The summed E-state index contributed by atoms with van der Waals surface area (Å²) in [6.07, 6.45) is 0.0759. The Bertz CT molecular complexity index is 1200. The standard InChI is InChI=1S/C27H34N2O6S2/c1-26(2,3)33-24(30)29(35-25(31)34-27(4,5)6)22(19-8-10-21(32-7)11-9-19)17-36-16-18-14-20-12-13-37-23(20)28-15-18/h8-15,22H,16-17H2,1-7H3/t22-/m1/s1. The Morgan fingerprint density at radius 1 is 1.03 bits per heavy atom. The van der Waals surface area contributed by atoms with Crippen LogP contribution in [-0.2, 0) is 20.1 Å². The highest BCUT2D eigenvalue weighted by Crippen LogP contribution is 2.31. The number of nitrogens with zero attached hydrogens (tertiary/aromatic N) is 2. The summed E-state index contributed by atoms with van der Waals surface area (Å²) in [5.41, 5.74) is 0.204. The van der Waals surface area contributed by atoms with Gasteiger partial charge in [0.25, 0.3) is 0 Å². The Balaban J connectivity index is 1.88. The summed E-state index contributed by atoms with van der Waals surface area (Å²) in [7, 11) is 1.58. The lowest BCUT2D eigenvalue weighted by atomic mass is 10.1. The molecule has 2 heterocycles. The maximum absolute atomic E-state index is 13.3. The van der Waals surface area contributed by atoms with Crippen molar-refractivity contribution < 1.29 is 28.6 Å². The van der Waals surface area contributed by atoms with Crippen molar-refractivity contribution in [3.63, 3.8) is 0 Å². The topological polar surface area (TPSA) is 87.2 Å². The number of hydrogen-bond acceptors (Lipinski definition) is 9. The second kappa shape index (κ2) is 12.0. The van der Waals surface area contributed by atoms with Crippen LogP contribution < -0.4 is 4.74 Å². The highest BCUT2D eigenvalue weighted by molar-refractivity contribution is 7.98. The number of pyridine rings is 1. The van der Waals surface area contributed by atoms with Crippen molar-refractivity contribution in [1.29, 1.82) is 0 Å². The van der Waals surface area contributed by atoms with E-state index in [0.717, 1.165) is 26.4 Å². The lowest BCUT2D eigenvalue weighted by molar-refractivity contribution is -0.153. The van der Waals surface area contributed by atoms with Gasteiger partial charge in [0.15, 0.2) is 0 Å². The summed E-state index contributed by atoms with van der Waals surface area (Å²) in [6, 6.07) is 10.7. The molecule has 0 unspecified atom stereocenters. The zero-order valence-electron chi connectivity index (χ0n) is 22.3. The molecular formula is C27H34N2O6S2. The molecule has 0 radical (unpaired) electrons. The third-order valence-electron chi connectivity index (χ3n) is 4.83. The summed E-state index contributed by atoms with van der Waals surface area (Å²) in [6.45, 7) is 10.4. The van der Waals surface area contributed by atoms with Crippen LogP contribution >= 0.6 is 23.1 Å². The fraction of sp³-hybridized carbons (Fsp3) is 0.444. The zero-order valence-corrected chi connectivity index (χ0v) is 23.9. The fourth-order valence-corrected chi connectivity index (χ4v) is 5.06. The molecule has 10 heteroatoms. The molecule has 1 aromatic carbocycles. The summed E-state index contributed by atoms with van der Waals surface area (Å²) in [5.74, 6) is 1.73. The third-order valence-corrected chi connectivity index (χ3v) is 6.75. The number of aromatic nitrogens is 1. The van der Waals surface area contributed by atoms with Gasteiger partial charge in [-0.15, -0.1) is 16.4 Å². The number of benzene rings is 1. The number of fused-ring (bicyclic) bond motifs is 1. The van der Waals surface area contributed by atoms with E-state index in [9.17, 15) is 9.59 Å². The third kappa shape index (κ3) is 8.82. The molecule has 3 rings (SSSR count). The van der Waals surface area contributed by atoms with Crippen LogP contribution in [0.2, 0.25) is 0 Å². The second-order valence-corrected chi connectivity index (χ2v) is 12.2. The van der Waals surface area contributed by atoms with E-state index >= 15 is 0 Å². The predicted molar refractivity (Wildman–Crippen MR) is 147 cm³/mol. The molecule has 2 aromatic heterocycles. The van der Waals surface area contributed by atoms with Crippen LogP contribution in [-0.4, -0.2) is 46.4 Å². The molecular weight excluding hydrogens is 512 g/mol. The highest BCUT2D eigenvalue weighted by atomic mass is 32.2. The van der Waals surface area contributed by atoms with Crippen LogP contribution in [0.4, 0.5) is 9.59 Å². The molecule has 37 heavy (non-hydrogen) atoms. The van der Waals surface area contributed by atoms with Crippen molar-refractivity contribution in [3.8, 4) is 5.75 Å². The average Bonchev–Trinajstić information content (AvgIpc) is 3.26. The number of amides is 1. The summed E-state index contributed by atoms with van der Waals surface area (Å²) < 4.78 is 16.2. The highest BCUT2D eigenvalue weighted by Gasteiger charge is 2.35. The average molecular weight is 547 g/mol. The van der Waals surface area contributed by atoms with Gasteiger partial charge >= 0.3 is 12.2 Å². The number of thioether (sulfide) groups is 1. The van der Waals surface area contributed by atoms with E-state index in [4.69, 9.17) is 19.0 Å². The number of carbonyl (C=O) groups excluding carboxylic acids is 2. The first kappa shape index (κ1) is 28.6. The molecule has 0 N–H and O–H groups in total. The van der Waals surface area contributed by atoms with Crippen molar-refractivity contribution >= 4 is 45.6 Å². The molecule has 3 aromatic rings. The monoisotopic (exact) mass is 546 g/mol. The van der Waals surface area contributed by atoms with Crippen molar-refractivity contribution in [2.75, 3.05) is 12.9 Å². The number of rotatable bonds is 7. The molecule has 1 amide bonds. The predicted octanol–water partition coefficient (Wildman–Crippen LogP) is 7.38. The van der Waals surface area contributed by atoms with Gasteiger partial charge in [-0.2, -0.15) is 11.8 Å². The number of hydroxylamine groups is 2. The zero-order chi connectivity index (χ0) is 27.2. The largest absolute Gasteiger partial charge is 0.534 e. The van der Waals surface area contributed by atoms with Gasteiger partial charge < -0.3 is 14.2 Å². The fourth-order valence-electron chi connectivity index (χ4n) is 3.28. The van der Waals surface area contributed by atoms with Crippen LogP contribution in [0.25, 0.3) is 10.2 Å². The Hall–Kier alpha value is -2.98. The maximum Gasteiger partial charge on any atom is 0.534 e. The normalized spacial score (nSPS) is 12.6. The molecule has 0 saturated carbocycles. The van der Waals surface area contributed by atoms with E-state index in [0.29, 0.717) is 17.3 Å². The maximum atomic E-state index is 13.3. The van der Waals surface area contributed by atoms with Crippen LogP contribution in [0, 0.1) is 0 Å². The summed E-state index contributed by atoms with van der Waals surface area (Å²) >= 11 is 3.18. The molecule has 1 atom stereocenters. The van der Waals surface area contributed by atoms with Gasteiger partial charge in [0.2, 0.25) is 0 Å². The van der Waals surface area contributed by atoms with Gasteiger partial charge in [0.1, 0.15) is 27.8 Å². The number of methoxy groups -OCH3 is 1. The van der Waals surface area contributed by atoms with Crippen molar-refractivity contribution in [3.05, 3.63) is 59.1 Å². The number of hydrogen-bond donors (Lipinski definition) is 0. The van der Waals surface area contributed by atoms with Crippen LogP contribution in [0.1, 0.15) is 58.7 Å². The Labute approximate surface area is 226 Å². The summed E-state index contributed by atoms with van der Waals surface area (Å²) in [4.78, 5) is 36.9. The van der Waals surface area contributed by atoms with Crippen LogP contribution in [0.5, 0.6) is 5.75 Å². The first-order chi connectivity index (χ1) is 17.3. The van der Waals surface area contributed by atoms with Gasteiger partial charge in [-0.1, -0.05) is 12.1 Å². The smallest absolute Gasteiger partial charge is 0.497 e. The van der Waals surface area contributed by atoms with Gasteiger partial charge in [-0.3, -0.25) is 4.84 Å². The van der Waals surface area contributed by atoms with E-state index in [-0.39, 0.29) is 0 Å². The van der Waals surface area contributed by atoms with Crippen molar-refractivity contribution in [2.45, 2.75) is 64.5 Å². The van der Waals surface area contributed by atoms with Crippen LogP contribution in [0.3, 0.4) is 0 Å². The first-order valence-electron chi connectivity index (χ1n) is 11.8. The molecule has 0 saturated heterocycles. The molecule has 0 fully saturated rings. The summed E-state index contributed by atoms with van der Waals surface area (Å²) in [5, 5.41) is 4.08. The Morgan fingerprint density at radius 3 is 2.32 bits per heavy atom. The SMILES string of the molecule is COc1ccc([C@@H](CSCc2cnc3sccc3c2)N(OC(=O)OC(C)(C)C)C(=O)OC(C)(C)C)cc1. The number of ether oxygens (including phenoxy) is 3. The van der Waals surface area contributed by atoms with Gasteiger partial charge in [-0.05, 0) is 82.3 Å². The van der Waals surface area contributed by atoms with E-state index in [1.807, 2.05) is 29.8 Å². The van der Waals surface area contributed by atoms with Gasteiger partial charge in [0.05, 0.1) is 7.11 Å². The van der Waals surface area contributed by atoms with E-state index in [1.165, 1.54) is 0 Å². The quantitative estimate of drug-likeness (QED) is 0.224. The molecule has 0 aliphatic heterocycles. The molecule has 0 bridgehead atoms. The Morgan fingerprint density at radius 2 is 1.70 bits per heavy atom. The molecule has 0 aliphatic carbocycles. The second-order valence-electron chi connectivity index (χ2n) is 10.3. The van der Waals surface area contributed by atoms with Crippen molar-refractivity contribution in [2.24, 2.45) is 0 Å². The molecule has 8 nitrogen and oxygen atoms in total. The molecule has 0 spiro atoms. The Kier molecular flexibility index (Phi) is 9.31. The van der Waals surface area contributed by atoms with E-state index in [2.05, 4.69) is 11.1 Å². The van der Waals surface area contributed by atoms with E-state index in [1.54, 1.807) is 83.9 Å². The van der Waals surface area contributed by atoms with Gasteiger partial charge in [0, 0.05) is 23.1 Å². The minimum atomic E-state index is -0.992. The molecule has 200 valence electrons. The van der Waals surface area contributed by atoms with Gasteiger partial charge in [-0.25, -0.2) is 14.6 Å². The number of carbonyl (C=O) groups is 2. The first-order valence-corrected chi connectivity index (χ1v) is 13.8. The molecule has 0 aliphatic rings. The van der Waals surface area contributed by atoms with Crippen molar-refractivity contribution in [1.82, 2.24) is 10.0 Å². The lowest BCUT2D eigenvalue weighted by Gasteiger charge is -2.32.